The largest absolute Gasteiger partial charge is 0.495 e. The molecule has 0 spiro atoms. The van der Waals surface area contributed by atoms with Gasteiger partial charge in [-0.3, -0.25) is 0 Å². The summed E-state index contributed by atoms with van der Waals surface area (Å²) in [5.41, 5.74) is 3.56. The third-order valence-electron chi connectivity index (χ3n) is 5.28. The van der Waals surface area contributed by atoms with Crippen LogP contribution in [0.15, 0.2) is 60.7 Å². The van der Waals surface area contributed by atoms with Gasteiger partial charge in [-0.1, -0.05) is 48.6 Å². The van der Waals surface area contributed by atoms with Gasteiger partial charge in [-0.15, -0.1) is 0 Å². The third kappa shape index (κ3) is 2.86. The topological polar surface area (TPSA) is 21.3 Å². The first-order valence-electron chi connectivity index (χ1n) is 8.49. The van der Waals surface area contributed by atoms with Gasteiger partial charge in [0, 0.05) is 6.54 Å². The van der Waals surface area contributed by atoms with Crippen molar-refractivity contribution >= 4 is 5.69 Å². The standard InChI is InChI=1S/C21H23NO/c1-23-21-10-9-18(16-5-3-2-4-6-16)13-20(21)22-14-19-12-15-7-8-17(19)11-15/h2-10,13,15,17,19,22H,11-12,14H2,1H3/t15-,17+,19+/m0/s1. The summed E-state index contributed by atoms with van der Waals surface area (Å²) in [4.78, 5) is 0. The van der Waals surface area contributed by atoms with Gasteiger partial charge >= 0.3 is 0 Å². The Hall–Kier alpha value is -2.22. The second-order valence-electron chi connectivity index (χ2n) is 6.70. The summed E-state index contributed by atoms with van der Waals surface area (Å²) in [6.07, 6.45) is 7.50. The molecule has 2 nitrogen and oxygen atoms in total. The van der Waals surface area contributed by atoms with E-state index in [1.807, 2.05) is 0 Å². The molecule has 1 fully saturated rings. The molecule has 0 heterocycles. The van der Waals surface area contributed by atoms with Gasteiger partial charge in [0.1, 0.15) is 5.75 Å². The quantitative estimate of drug-likeness (QED) is 0.786. The normalized spacial score (nSPS) is 24.8. The number of anilines is 1. The molecule has 2 bridgehead atoms. The van der Waals surface area contributed by atoms with Crippen LogP contribution in [0.4, 0.5) is 5.69 Å². The number of benzene rings is 2. The van der Waals surface area contributed by atoms with Crippen LogP contribution >= 0.6 is 0 Å². The number of hydrogen-bond donors (Lipinski definition) is 1. The molecule has 2 aromatic carbocycles. The summed E-state index contributed by atoms with van der Waals surface area (Å²) >= 11 is 0. The van der Waals surface area contributed by atoms with E-state index in [1.165, 1.54) is 24.0 Å². The second kappa shape index (κ2) is 6.11. The van der Waals surface area contributed by atoms with Crippen molar-refractivity contribution in [2.45, 2.75) is 12.8 Å². The molecule has 0 aromatic heterocycles. The molecule has 2 aliphatic carbocycles. The van der Waals surface area contributed by atoms with Crippen molar-refractivity contribution < 1.29 is 4.74 Å². The second-order valence-corrected chi connectivity index (χ2v) is 6.70. The first-order chi connectivity index (χ1) is 11.3. The summed E-state index contributed by atoms with van der Waals surface area (Å²) in [5, 5.41) is 3.64. The summed E-state index contributed by atoms with van der Waals surface area (Å²) in [7, 11) is 1.74. The van der Waals surface area contributed by atoms with Crippen molar-refractivity contribution in [3.63, 3.8) is 0 Å². The zero-order valence-electron chi connectivity index (χ0n) is 13.5. The van der Waals surface area contributed by atoms with Gasteiger partial charge in [-0.05, 0) is 53.9 Å². The summed E-state index contributed by atoms with van der Waals surface area (Å²) in [6, 6.07) is 16.9. The van der Waals surface area contributed by atoms with Gasteiger partial charge in [-0.2, -0.15) is 0 Å². The first kappa shape index (κ1) is 14.4. The molecule has 0 radical (unpaired) electrons. The highest BCUT2D eigenvalue weighted by atomic mass is 16.5. The number of fused-ring (bicyclic) bond motifs is 2. The van der Waals surface area contributed by atoms with E-state index in [1.54, 1.807) is 7.11 Å². The van der Waals surface area contributed by atoms with E-state index in [-0.39, 0.29) is 0 Å². The Morgan fingerprint density at radius 3 is 2.57 bits per heavy atom. The monoisotopic (exact) mass is 305 g/mol. The van der Waals surface area contributed by atoms with Gasteiger partial charge < -0.3 is 10.1 Å². The van der Waals surface area contributed by atoms with Crippen molar-refractivity contribution in [1.82, 2.24) is 0 Å². The lowest BCUT2D eigenvalue weighted by Crippen LogP contribution is -2.18. The third-order valence-corrected chi connectivity index (χ3v) is 5.28. The van der Waals surface area contributed by atoms with E-state index in [9.17, 15) is 0 Å². The van der Waals surface area contributed by atoms with Crippen molar-refractivity contribution in [2.75, 3.05) is 19.0 Å². The lowest BCUT2D eigenvalue weighted by molar-refractivity contribution is 0.415. The molecular formula is C21H23NO. The molecule has 0 aliphatic heterocycles. The van der Waals surface area contributed by atoms with Crippen LogP contribution in [0.1, 0.15) is 12.8 Å². The molecule has 2 aliphatic rings. The van der Waals surface area contributed by atoms with Crippen LogP contribution in [0.3, 0.4) is 0 Å². The molecule has 0 unspecified atom stereocenters. The Morgan fingerprint density at radius 2 is 1.87 bits per heavy atom. The van der Waals surface area contributed by atoms with Crippen molar-refractivity contribution in [3.8, 4) is 16.9 Å². The van der Waals surface area contributed by atoms with Gasteiger partial charge in [-0.25, -0.2) is 0 Å². The minimum absolute atomic E-state index is 0.759. The molecule has 23 heavy (non-hydrogen) atoms. The first-order valence-corrected chi connectivity index (χ1v) is 8.49. The number of hydrogen-bond acceptors (Lipinski definition) is 2. The zero-order chi connectivity index (χ0) is 15.6. The fourth-order valence-corrected chi connectivity index (χ4v) is 4.03. The highest BCUT2D eigenvalue weighted by Crippen LogP contribution is 2.43. The molecule has 2 heteroatoms. The van der Waals surface area contributed by atoms with Crippen molar-refractivity contribution in [3.05, 3.63) is 60.7 Å². The molecule has 1 saturated carbocycles. The van der Waals surface area contributed by atoms with Crippen LogP contribution in [0.5, 0.6) is 5.75 Å². The van der Waals surface area contributed by atoms with Crippen LogP contribution in [0, 0.1) is 17.8 Å². The van der Waals surface area contributed by atoms with Gasteiger partial charge in [0.15, 0.2) is 0 Å². The number of methoxy groups -OCH3 is 1. The number of allylic oxidation sites excluding steroid dienone is 2. The Balaban J connectivity index is 1.53. The average Bonchev–Trinajstić information content (AvgIpc) is 3.23. The fraction of sp³-hybridized carbons (Fsp3) is 0.333. The van der Waals surface area contributed by atoms with Crippen LogP contribution < -0.4 is 10.1 Å². The highest BCUT2D eigenvalue weighted by molar-refractivity contribution is 5.72. The smallest absolute Gasteiger partial charge is 0.141 e. The van der Waals surface area contributed by atoms with Gasteiger partial charge in [0.25, 0.3) is 0 Å². The predicted octanol–water partition coefficient (Wildman–Crippen LogP) is 4.99. The molecule has 118 valence electrons. The summed E-state index contributed by atoms with van der Waals surface area (Å²) < 4.78 is 5.54. The van der Waals surface area contributed by atoms with E-state index in [2.05, 4.69) is 66.0 Å². The summed E-state index contributed by atoms with van der Waals surface area (Å²) in [6.45, 7) is 1.03. The van der Waals surface area contributed by atoms with E-state index < -0.39 is 0 Å². The molecule has 4 rings (SSSR count). The molecule has 3 atom stereocenters. The predicted molar refractivity (Wildman–Crippen MR) is 95.8 cm³/mol. The molecular weight excluding hydrogens is 282 g/mol. The zero-order valence-corrected chi connectivity index (χ0v) is 13.5. The maximum absolute atomic E-state index is 5.54. The van der Waals surface area contributed by atoms with Crippen LogP contribution in [0.2, 0.25) is 0 Å². The van der Waals surface area contributed by atoms with Crippen LogP contribution in [0.25, 0.3) is 11.1 Å². The Morgan fingerprint density at radius 1 is 1.00 bits per heavy atom. The Labute approximate surface area is 138 Å². The Kier molecular flexibility index (Phi) is 3.82. The number of rotatable bonds is 5. The maximum Gasteiger partial charge on any atom is 0.141 e. The Bertz CT molecular complexity index is 707. The lowest BCUT2D eigenvalue weighted by atomic mass is 9.93. The lowest BCUT2D eigenvalue weighted by Gasteiger charge is -2.20. The minimum Gasteiger partial charge on any atom is -0.495 e. The van der Waals surface area contributed by atoms with E-state index in [0.29, 0.717) is 0 Å². The van der Waals surface area contributed by atoms with Crippen molar-refractivity contribution in [1.29, 1.82) is 0 Å². The van der Waals surface area contributed by atoms with Crippen LogP contribution in [-0.4, -0.2) is 13.7 Å². The molecule has 2 aromatic rings. The number of nitrogens with one attached hydrogen (secondary N) is 1. The fourth-order valence-electron chi connectivity index (χ4n) is 4.03. The molecule has 1 N–H and O–H groups in total. The van der Waals surface area contributed by atoms with Crippen molar-refractivity contribution in [2.24, 2.45) is 17.8 Å². The van der Waals surface area contributed by atoms with E-state index >= 15 is 0 Å². The maximum atomic E-state index is 5.54. The highest BCUT2D eigenvalue weighted by Gasteiger charge is 2.35. The summed E-state index contributed by atoms with van der Waals surface area (Å²) in [5.74, 6) is 3.28. The average molecular weight is 305 g/mol. The SMILES string of the molecule is COc1ccc(-c2ccccc2)cc1NC[C@H]1C[C@H]2C=C[C@@H]1C2. The van der Waals surface area contributed by atoms with Crippen LogP contribution in [-0.2, 0) is 0 Å². The van der Waals surface area contributed by atoms with E-state index in [0.717, 1.165) is 35.7 Å². The van der Waals surface area contributed by atoms with Gasteiger partial charge in [0.05, 0.1) is 12.8 Å². The minimum atomic E-state index is 0.759. The van der Waals surface area contributed by atoms with E-state index in [4.69, 9.17) is 4.74 Å². The number of ether oxygens (including phenoxy) is 1. The molecule has 0 amide bonds. The van der Waals surface area contributed by atoms with Gasteiger partial charge in [0.2, 0.25) is 0 Å². The molecule has 0 saturated heterocycles.